The van der Waals surface area contributed by atoms with Crippen LogP contribution >= 0.6 is 0 Å². The molecule has 0 aliphatic carbocycles. The molecule has 4 rings (SSSR count). The molecular weight excluding hydrogens is 340 g/mol. The minimum absolute atomic E-state index is 0.0592. The number of pyridine rings is 1. The smallest absolute Gasteiger partial charge is 0.272 e. The number of nitrogens with zero attached hydrogens (tertiary/aromatic N) is 4. The first-order valence-electron chi connectivity index (χ1n) is 9.42. The number of carbonyl (C=O) groups excluding carboxylic acids is 2. The summed E-state index contributed by atoms with van der Waals surface area (Å²) >= 11 is 0. The van der Waals surface area contributed by atoms with E-state index in [1.807, 2.05) is 18.2 Å². The fourth-order valence-electron chi connectivity index (χ4n) is 4.03. The van der Waals surface area contributed by atoms with Crippen LogP contribution in [0.4, 0.5) is 11.4 Å². The fourth-order valence-corrected chi connectivity index (χ4v) is 4.03. The summed E-state index contributed by atoms with van der Waals surface area (Å²) < 4.78 is 0. The molecule has 6 heteroatoms. The number of hydrogen-bond acceptors (Lipinski definition) is 4. The van der Waals surface area contributed by atoms with Gasteiger partial charge >= 0.3 is 0 Å². The molecule has 1 aromatic heterocycles. The highest BCUT2D eigenvalue weighted by Crippen LogP contribution is 2.38. The highest BCUT2D eigenvalue weighted by atomic mass is 16.2. The molecule has 2 aliphatic heterocycles. The van der Waals surface area contributed by atoms with Gasteiger partial charge in [0.15, 0.2) is 0 Å². The Bertz CT molecular complexity index is 874. The van der Waals surface area contributed by atoms with Crippen LogP contribution in [0.5, 0.6) is 0 Å². The van der Waals surface area contributed by atoms with Gasteiger partial charge in [0.2, 0.25) is 5.91 Å². The third-order valence-corrected chi connectivity index (χ3v) is 5.46. The third-order valence-electron chi connectivity index (χ3n) is 5.46. The number of benzene rings is 1. The van der Waals surface area contributed by atoms with E-state index in [1.54, 1.807) is 22.9 Å². The number of carbonyl (C=O) groups is 2. The van der Waals surface area contributed by atoms with Crippen molar-refractivity contribution >= 4 is 23.2 Å². The van der Waals surface area contributed by atoms with Crippen molar-refractivity contribution in [3.8, 4) is 0 Å². The van der Waals surface area contributed by atoms with Crippen LogP contribution in [0.15, 0.2) is 42.6 Å². The normalized spacial score (nSPS) is 19.2. The van der Waals surface area contributed by atoms with E-state index < -0.39 is 0 Å². The van der Waals surface area contributed by atoms with Crippen LogP contribution < -0.4 is 4.90 Å². The van der Waals surface area contributed by atoms with Gasteiger partial charge in [0.25, 0.3) is 5.91 Å². The van der Waals surface area contributed by atoms with Crippen molar-refractivity contribution in [2.45, 2.75) is 26.3 Å². The molecule has 0 N–H and O–H groups in total. The number of rotatable bonds is 2. The molecule has 1 aromatic carbocycles. The van der Waals surface area contributed by atoms with Gasteiger partial charge in [-0.25, -0.2) is 0 Å². The monoisotopic (exact) mass is 364 g/mol. The largest absolute Gasteiger partial charge is 0.339 e. The summed E-state index contributed by atoms with van der Waals surface area (Å²) in [7, 11) is 0. The van der Waals surface area contributed by atoms with E-state index in [1.165, 1.54) is 11.3 Å². The van der Waals surface area contributed by atoms with E-state index >= 15 is 0 Å². The standard InChI is InChI=1S/C21H24N4O2/c1-15-13-17-5-3-4-6-20(17)25(15)18-7-8-22-19(14-18)21(27)24-11-9-23(10-12-24)16(2)26/h3-8,14-15H,9-13H2,1-2H3. The molecule has 140 valence electrons. The molecule has 1 saturated heterocycles. The Kier molecular flexibility index (Phi) is 4.56. The molecule has 2 amide bonds. The number of aromatic nitrogens is 1. The lowest BCUT2D eigenvalue weighted by Crippen LogP contribution is -2.50. The van der Waals surface area contributed by atoms with Gasteiger partial charge in [-0.15, -0.1) is 0 Å². The first-order chi connectivity index (χ1) is 13.0. The molecule has 0 saturated carbocycles. The van der Waals surface area contributed by atoms with Crippen LogP contribution in [0.1, 0.15) is 29.9 Å². The van der Waals surface area contributed by atoms with E-state index in [2.05, 4.69) is 35.0 Å². The van der Waals surface area contributed by atoms with Gasteiger partial charge in [0.05, 0.1) is 0 Å². The van der Waals surface area contributed by atoms with Crippen LogP contribution in [0.2, 0.25) is 0 Å². The zero-order valence-electron chi connectivity index (χ0n) is 15.8. The topological polar surface area (TPSA) is 56.8 Å². The first-order valence-corrected chi connectivity index (χ1v) is 9.42. The summed E-state index contributed by atoms with van der Waals surface area (Å²) in [6, 6.07) is 12.6. The Hall–Kier alpha value is -2.89. The number of fused-ring (bicyclic) bond motifs is 1. The first kappa shape index (κ1) is 17.5. The van der Waals surface area contributed by atoms with Gasteiger partial charge in [0.1, 0.15) is 5.69 Å². The minimum atomic E-state index is -0.0693. The number of anilines is 2. The highest BCUT2D eigenvalue weighted by Gasteiger charge is 2.28. The molecule has 0 bridgehead atoms. The van der Waals surface area contributed by atoms with Crippen LogP contribution in [-0.4, -0.2) is 58.8 Å². The van der Waals surface area contributed by atoms with E-state index in [4.69, 9.17) is 0 Å². The average molecular weight is 364 g/mol. The molecule has 6 nitrogen and oxygen atoms in total. The van der Waals surface area contributed by atoms with Crippen molar-refractivity contribution in [2.24, 2.45) is 0 Å². The van der Waals surface area contributed by atoms with Crippen molar-refractivity contribution < 1.29 is 9.59 Å². The van der Waals surface area contributed by atoms with E-state index in [0.717, 1.165) is 12.1 Å². The maximum Gasteiger partial charge on any atom is 0.272 e. The second kappa shape index (κ2) is 7.02. The zero-order valence-corrected chi connectivity index (χ0v) is 15.8. The fraction of sp³-hybridized carbons (Fsp3) is 0.381. The number of para-hydroxylation sites is 1. The predicted octanol–water partition coefficient (Wildman–Crippen LogP) is 2.47. The summed E-state index contributed by atoms with van der Waals surface area (Å²) in [5.41, 5.74) is 3.98. The van der Waals surface area contributed by atoms with Crippen LogP contribution in [0.3, 0.4) is 0 Å². The highest BCUT2D eigenvalue weighted by molar-refractivity contribution is 5.93. The molecule has 2 aromatic rings. The minimum Gasteiger partial charge on any atom is -0.339 e. The lowest BCUT2D eigenvalue weighted by atomic mass is 10.1. The zero-order chi connectivity index (χ0) is 19.0. The molecular formula is C21H24N4O2. The SMILES string of the molecule is CC(=O)N1CCN(C(=O)c2cc(N3c4ccccc4CC3C)ccn2)CC1. The molecule has 1 fully saturated rings. The molecule has 1 unspecified atom stereocenters. The van der Waals surface area contributed by atoms with Crippen molar-refractivity contribution in [1.29, 1.82) is 0 Å². The maximum absolute atomic E-state index is 12.9. The van der Waals surface area contributed by atoms with Gasteiger partial charge in [-0.3, -0.25) is 14.6 Å². The molecule has 0 spiro atoms. The van der Waals surface area contributed by atoms with Gasteiger partial charge in [-0.05, 0) is 37.1 Å². The summed E-state index contributed by atoms with van der Waals surface area (Å²) in [5.74, 6) is -0.0101. The van der Waals surface area contributed by atoms with Crippen molar-refractivity contribution in [2.75, 3.05) is 31.1 Å². The van der Waals surface area contributed by atoms with Crippen molar-refractivity contribution in [1.82, 2.24) is 14.8 Å². The van der Waals surface area contributed by atoms with Gasteiger partial charge in [0, 0.05) is 56.7 Å². The molecule has 2 aliphatic rings. The molecule has 0 radical (unpaired) electrons. The number of piperazine rings is 1. The summed E-state index contributed by atoms with van der Waals surface area (Å²) in [5, 5.41) is 0. The lowest BCUT2D eigenvalue weighted by molar-refractivity contribution is -0.130. The molecule has 3 heterocycles. The second-order valence-corrected chi connectivity index (χ2v) is 7.25. The summed E-state index contributed by atoms with van der Waals surface area (Å²) in [4.78, 5) is 34.5. The molecule has 27 heavy (non-hydrogen) atoms. The Labute approximate surface area is 159 Å². The second-order valence-electron chi connectivity index (χ2n) is 7.25. The Morgan fingerprint density at radius 2 is 1.74 bits per heavy atom. The maximum atomic E-state index is 12.9. The Balaban J connectivity index is 1.55. The van der Waals surface area contributed by atoms with E-state index in [9.17, 15) is 9.59 Å². The summed E-state index contributed by atoms with van der Waals surface area (Å²) in [6.45, 7) is 6.02. The number of hydrogen-bond donors (Lipinski definition) is 0. The van der Waals surface area contributed by atoms with E-state index in [-0.39, 0.29) is 11.8 Å². The Morgan fingerprint density at radius 3 is 2.48 bits per heavy atom. The van der Waals surface area contributed by atoms with Gasteiger partial charge in [-0.2, -0.15) is 0 Å². The number of amides is 2. The predicted molar refractivity (Wildman–Crippen MR) is 104 cm³/mol. The van der Waals surface area contributed by atoms with Crippen LogP contribution in [0, 0.1) is 0 Å². The van der Waals surface area contributed by atoms with Crippen LogP contribution in [0.25, 0.3) is 0 Å². The Morgan fingerprint density at radius 1 is 1.04 bits per heavy atom. The van der Waals surface area contributed by atoms with Crippen molar-refractivity contribution in [3.05, 3.63) is 53.9 Å². The quantitative estimate of drug-likeness (QED) is 0.821. The molecule has 1 atom stereocenters. The summed E-state index contributed by atoms with van der Waals surface area (Å²) in [6.07, 6.45) is 2.71. The average Bonchev–Trinajstić information content (AvgIpc) is 3.03. The third kappa shape index (κ3) is 3.27. The van der Waals surface area contributed by atoms with Gasteiger partial charge < -0.3 is 14.7 Å². The van der Waals surface area contributed by atoms with Crippen molar-refractivity contribution in [3.63, 3.8) is 0 Å². The van der Waals surface area contributed by atoms with Crippen LogP contribution in [-0.2, 0) is 11.2 Å². The van der Waals surface area contributed by atoms with E-state index in [0.29, 0.717) is 37.9 Å². The van der Waals surface area contributed by atoms with Gasteiger partial charge in [-0.1, -0.05) is 18.2 Å². The lowest BCUT2D eigenvalue weighted by Gasteiger charge is -2.34.